The van der Waals surface area contributed by atoms with Gasteiger partial charge in [-0.05, 0) is 38.4 Å². The molecule has 0 N–H and O–H groups in total. The van der Waals surface area contributed by atoms with Gasteiger partial charge in [0.05, 0.1) is 5.56 Å². The molecule has 1 aromatic heterocycles. The zero-order valence-electron chi connectivity index (χ0n) is 10.7. The average Bonchev–Trinajstić information content (AvgIpc) is 2.88. The molecule has 2 atom stereocenters. The Kier molecular flexibility index (Phi) is 2.92. The Morgan fingerprint density at radius 2 is 2.28 bits per heavy atom. The summed E-state index contributed by atoms with van der Waals surface area (Å²) in [6, 6.07) is 7.02. The van der Waals surface area contributed by atoms with Crippen molar-refractivity contribution in [1.29, 1.82) is 5.26 Å². The molecule has 0 amide bonds. The summed E-state index contributed by atoms with van der Waals surface area (Å²) >= 11 is 0. The molecule has 2 aliphatic rings. The lowest BCUT2D eigenvalue weighted by Crippen LogP contribution is -2.56. The van der Waals surface area contributed by atoms with Crippen LogP contribution in [0.25, 0.3) is 0 Å². The quantitative estimate of drug-likeness (QED) is 0.750. The maximum atomic E-state index is 9.20. The molecule has 18 heavy (non-hydrogen) atoms. The fourth-order valence-electron chi connectivity index (χ4n) is 3.34. The van der Waals surface area contributed by atoms with E-state index in [-0.39, 0.29) is 0 Å². The van der Waals surface area contributed by atoms with E-state index in [0.29, 0.717) is 17.6 Å². The summed E-state index contributed by atoms with van der Waals surface area (Å²) in [5.74, 6) is 0.860. The monoisotopic (exact) mass is 242 g/mol. The number of anilines is 1. The summed E-state index contributed by atoms with van der Waals surface area (Å²) in [4.78, 5) is 9.31. The van der Waals surface area contributed by atoms with Gasteiger partial charge in [-0.3, -0.25) is 4.90 Å². The van der Waals surface area contributed by atoms with Crippen molar-refractivity contribution in [3.05, 3.63) is 23.9 Å². The van der Waals surface area contributed by atoms with Gasteiger partial charge >= 0.3 is 0 Å². The topological polar surface area (TPSA) is 43.2 Å². The van der Waals surface area contributed by atoms with Gasteiger partial charge in [0.2, 0.25) is 0 Å². The normalized spacial score (nSPS) is 27.9. The number of rotatable bonds is 1. The number of hydrogen-bond donors (Lipinski definition) is 0. The van der Waals surface area contributed by atoms with E-state index in [1.54, 1.807) is 6.20 Å². The van der Waals surface area contributed by atoms with Crippen LogP contribution in [0.4, 0.5) is 5.82 Å². The van der Waals surface area contributed by atoms with Crippen LogP contribution in [0.15, 0.2) is 18.3 Å². The highest BCUT2D eigenvalue weighted by Crippen LogP contribution is 2.30. The molecule has 4 heteroatoms. The summed E-state index contributed by atoms with van der Waals surface area (Å²) in [5, 5.41) is 9.20. The second-order valence-electron chi connectivity index (χ2n) is 5.17. The van der Waals surface area contributed by atoms with Gasteiger partial charge < -0.3 is 4.90 Å². The van der Waals surface area contributed by atoms with Crippen molar-refractivity contribution in [3.8, 4) is 6.07 Å². The fourth-order valence-corrected chi connectivity index (χ4v) is 3.34. The van der Waals surface area contributed by atoms with Gasteiger partial charge in [-0.1, -0.05) is 0 Å². The Labute approximate surface area is 108 Å². The number of fused-ring (bicyclic) bond motifs is 1. The van der Waals surface area contributed by atoms with Gasteiger partial charge in [0, 0.05) is 31.4 Å². The summed E-state index contributed by atoms with van der Waals surface area (Å²) < 4.78 is 0. The molecule has 2 saturated heterocycles. The van der Waals surface area contributed by atoms with Crippen LogP contribution in [0.2, 0.25) is 0 Å². The number of hydrogen-bond acceptors (Lipinski definition) is 4. The molecule has 0 aliphatic carbocycles. The first-order valence-electron chi connectivity index (χ1n) is 6.67. The Bertz CT molecular complexity index is 479. The highest BCUT2D eigenvalue weighted by Gasteiger charge is 2.37. The summed E-state index contributed by atoms with van der Waals surface area (Å²) in [6.07, 6.45) is 4.35. The van der Waals surface area contributed by atoms with Crippen LogP contribution in [0, 0.1) is 11.3 Å². The van der Waals surface area contributed by atoms with Crippen LogP contribution in [0.5, 0.6) is 0 Å². The zero-order chi connectivity index (χ0) is 12.5. The Morgan fingerprint density at radius 3 is 3.11 bits per heavy atom. The molecule has 0 bridgehead atoms. The molecule has 1 aromatic rings. The van der Waals surface area contributed by atoms with Crippen molar-refractivity contribution < 1.29 is 0 Å². The van der Waals surface area contributed by atoms with Crippen LogP contribution >= 0.6 is 0 Å². The number of nitriles is 1. The largest absolute Gasteiger partial charge is 0.350 e. The van der Waals surface area contributed by atoms with Gasteiger partial charge in [0.25, 0.3) is 0 Å². The smallest absolute Gasteiger partial charge is 0.146 e. The molecule has 2 aliphatic heterocycles. The minimum Gasteiger partial charge on any atom is -0.350 e. The van der Waals surface area contributed by atoms with Crippen molar-refractivity contribution in [2.75, 3.05) is 24.5 Å². The summed E-state index contributed by atoms with van der Waals surface area (Å²) in [7, 11) is 0. The van der Waals surface area contributed by atoms with E-state index in [9.17, 15) is 5.26 Å². The van der Waals surface area contributed by atoms with Crippen molar-refractivity contribution in [2.24, 2.45) is 0 Å². The molecule has 0 saturated carbocycles. The molecule has 4 nitrogen and oxygen atoms in total. The predicted molar refractivity (Wildman–Crippen MR) is 70.4 cm³/mol. The van der Waals surface area contributed by atoms with Gasteiger partial charge in [0.1, 0.15) is 11.9 Å². The maximum absolute atomic E-state index is 9.20. The maximum Gasteiger partial charge on any atom is 0.146 e. The third-order valence-corrected chi connectivity index (χ3v) is 4.27. The average molecular weight is 242 g/mol. The van der Waals surface area contributed by atoms with E-state index in [1.165, 1.54) is 19.4 Å². The molecule has 3 heterocycles. The van der Waals surface area contributed by atoms with Crippen molar-refractivity contribution >= 4 is 5.82 Å². The summed E-state index contributed by atoms with van der Waals surface area (Å²) in [5.41, 5.74) is 0.691. The van der Waals surface area contributed by atoms with E-state index >= 15 is 0 Å². The highest BCUT2D eigenvalue weighted by atomic mass is 15.3. The number of aromatic nitrogens is 1. The summed E-state index contributed by atoms with van der Waals surface area (Å²) in [6.45, 7) is 5.56. The standard InChI is InChI=1S/C14H18N4/c1-11-13-5-3-7-17(13)8-9-18(11)14-12(10-15)4-2-6-16-14/h2,4,6,11,13H,3,5,7-9H2,1H3. The number of pyridine rings is 1. The van der Waals surface area contributed by atoms with Crippen LogP contribution in [0.3, 0.4) is 0 Å². The minimum atomic E-state index is 0.447. The molecule has 2 fully saturated rings. The van der Waals surface area contributed by atoms with Crippen LogP contribution in [-0.2, 0) is 0 Å². The van der Waals surface area contributed by atoms with E-state index < -0.39 is 0 Å². The molecule has 0 aromatic carbocycles. The molecule has 0 spiro atoms. The molecule has 0 radical (unpaired) electrons. The lowest BCUT2D eigenvalue weighted by molar-refractivity contribution is 0.193. The second-order valence-corrected chi connectivity index (χ2v) is 5.17. The Hall–Kier alpha value is -1.60. The predicted octanol–water partition coefficient (Wildman–Crippen LogP) is 1.63. The van der Waals surface area contributed by atoms with Crippen molar-refractivity contribution in [3.63, 3.8) is 0 Å². The van der Waals surface area contributed by atoms with Crippen LogP contribution < -0.4 is 4.90 Å². The zero-order valence-corrected chi connectivity index (χ0v) is 10.7. The lowest BCUT2D eigenvalue weighted by atomic mass is 10.0. The van der Waals surface area contributed by atoms with Crippen LogP contribution in [0.1, 0.15) is 25.3 Å². The lowest BCUT2D eigenvalue weighted by Gasteiger charge is -2.44. The molecule has 94 valence electrons. The second kappa shape index (κ2) is 4.58. The number of piperazine rings is 1. The van der Waals surface area contributed by atoms with E-state index in [4.69, 9.17) is 0 Å². The van der Waals surface area contributed by atoms with E-state index in [0.717, 1.165) is 18.9 Å². The van der Waals surface area contributed by atoms with Crippen molar-refractivity contribution in [1.82, 2.24) is 9.88 Å². The molecule has 3 rings (SSSR count). The molecular formula is C14H18N4. The molecule has 2 unspecified atom stereocenters. The van der Waals surface area contributed by atoms with Crippen molar-refractivity contribution in [2.45, 2.75) is 31.8 Å². The Morgan fingerprint density at radius 1 is 1.39 bits per heavy atom. The van der Waals surface area contributed by atoms with Gasteiger partial charge in [-0.25, -0.2) is 4.98 Å². The van der Waals surface area contributed by atoms with E-state index in [1.807, 2.05) is 12.1 Å². The van der Waals surface area contributed by atoms with E-state index in [2.05, 4.69) is 27.8 Å². The highest BCUT2D eigenvalue weighted by molar-refractivity contribution is 5.54. The third kappa shape index (κ3) is 1.75. The van der Waals surface area contributed by atoms with Gasteiger partial charge in [-0.2, -0.15) is 5.26 Å². The third-order valence-electron chi connectivity index (χ3n) is 4.27. The van der Waals surface area contributed by atoms with Crippen LogP contribution in [-0.4, -0.2) is 41.6 Å². The SMILES string of the molecule is CC1C2CCCN2CCN1c1ncccc1C#N. The molecular weight excluding hydrogens is 224 g/mol. The fraction of sp³-hybridized carbons (Fsp3) is 0.571. The minimum absolute atomic E-state index is 0.447. The first-order chi connectivity index (χ1) is 8.81. The number of nitrogens with zero attached hydrogens (tertiary/aromatic N) is 4. The first-order valence-corrected chi connectivity index (χ1v) is 6.67. The van der Waals surface area contributed by atoms with Gasteiger partial charge in [-0.15, -0.1) is 0 Å². The van der Waals surface area contributed by atoms with Gasteiger partial charge in [0.15, 0.2) is 0 Å². The Balaban J connectivity index is 1.90. The first kappa shape index (κ1) is 11.5.